The number of hydrogen-bond acceptors (Lipinski definition) is 5. The summed E-state index contributed by atoms with van der Waals surface area (Å²) in [6, 6.07) is 12.9. The Morgan fingerprint density at radius 3 is 2.74 bits per heavy atom. The summed E-state index contributed by atoms with van der Waals surface area (Å²) in [4.78, 5) is 25.8. The fraction of sp³-hybridized carbons (Fsp3) is 0.100. The maximum Gasteiger partial charge on any atom is 0.254 e. The Kier molecular flexibility index (Phi) is 4.49. The number of nitrogens with one attached hydrogen (secondary N) is 1. The van der Waals surface area contributed by atoms with Crippen molar-refractivity contribution >= 4 is 5.91 Å². The van der Waals surface area contributed by atoms with E-state index in [2.05, 4.69) is 20.1 Å². The van der Waals surface area contributed by atoms with E-state index >= 15 is 0 Å². The van der Waals surface area contributed by atoms with Crippen molar-refractivity contribution in [2.75, 3.05) is 7.05 Å². The van der Waals surface area contributed by atoms with Crippen molar-refractivity contribution in [3.05, 3.63) is 78.6 Å². The number of imidazole rings is 1. The molecule has 0 fully saturated rings. The van der Waals surface area contributed by atoms with Gasteiger partial charge in [-0.25, -0.2) is 4.98 Å². The molecule has 3 heterocycles. The molecule has 7 nitrogen and oxygen atoms in total. The lowest BCUT2D eigenvalue weighted by atomic mass is 10.1. The molecule has 27 heavy (non-hydrogen) atoms. The highest BCUT2D eigenvalue weighted by atomic mass is 16.5. The molecule has 0 bridgehead atoms. The van der Waals surface area contributed by atoms with Crippen LogP contribution in [0.3, 0.4) is 0 Å². The molecule has 0 radical (unpaired) electrons. The zero-order valence-corrected chi connectivity index (χ0v) is 14.7. The second-order valence-electron chi connectivity index (χ2n) is 6.06. The van der Waals surface area contributed by atoms with Crippen LogP contribution < -0.4 is 0 Å². The number of aromatic nitrogens is 4. The Bertz CT molecular complexity index is 1040. The molecule has 0 atom stereocenters. The van der Waals surface area contributed by atoms with Crippen LogP contribution in [0.15, 0.2) is 71.8 Å². The Morgan fingerprint density at radius 2 is 1.96 bits per heavy atom. The molecule has 7 heteroatoms. The molecule has 134 valence electrons. The molecule has 1 aromatic carbocycles. The molecule has 1 amide bonds. The van der Waals surface area contributed by atoms with Gasteiger partial charge in [-0.05, 0) is 18.2 Å². The number of amides is 1. The number of carbonyl (C=O) groups is 1. The quantitative estimate of drug-likeness (QED) is 0.590. The van der Waals surface area contributed by atoms with Crippen molar-refractivity contribution in [2.24, 2.45) is 0 Å². The first-order chi connectivity index (χ1) is 13.2. The van der Waals surface area contributed by atoms with Crippen LogP contribution in [0.1, 0.15) is 16.1 Å². The smallest absolute Gasteiger partial charge is 0.254 e. The third kappa shape index (κ3) is 3.48. The van der Waals surface area contributed by atoms with E-state index in [1.807, 2.05) is 36.4 Å². The number of aromatic amines is 1. The summed E-state index contributed by atoms with van der Waals surface area (Å²) in [6.07, 6.45) is 6.79. The third-order valence-corrected chi connectivity index (χ3v) is 4.19. The summed E-state index contributed by atoms with van der Waals surface area (Å²) in [5.41, 5.74) is 2.96. The van der Waals surface area contributed by atoms with Crippen LogP contribution in [0.5, 0.6) is 0 Å². The zero-order chi connectivity index (χ0) is 18.6. The minimum absolute atomic E-state index is 0.121. The highest BCUT2D eigenvalue weighted by molar-refractivity contribution is 5.99. The molecular weight excluding hydrogens is 342 g/mol. The van der Waals surface area contributed by atoms with E-state index in [9.17, 15) is 4.79 Å². The average Bonchev–Trinajstić information content (AvgIpc) is 3.40. The second kappa shape index (κ2) is 7.25. The Morgan fingerprint density at radius 1 is 1.15 bits per heavy atom. The number of rotatable bonds is 5. The zero-order valence-electron chi connectivity index (χ0n) is 14.7. The number of H-pyrrole nitrogens is 1. The van der Waals surface area contributed by atoms with Gasteiger partial charge in [0.2, 0.25) is 0 Å². The lowest BCUT2D eigenvalue weighted by Gasteiger charge is -2.17. The molecule has 0 saturated carbocycles. The largest absolute Gasteiger partial charge is 0.359 e. The number of benzene rings is 1. The van der Waals surface area contributed by atoms with Crippen molar-refractivity contribution in [1.29, 1.82) is 0 Å². The SMILES string of the molecule is CN(Cc1cc(-c2ccncc2)no1)C(=O)c1ccccc1-c1ncc[nH]1. The van der Waals surface area contributed by atoms with Gasteiger partial charge in [0.05, 0.1) is 12.1 Å². The summed E-state index contributed by atoms with van der Waals surface area (Å²) >= 11 is 0. The number of carbonyl (C=O) groups excluding carboxylic acids is 1. The average molecular weight is 359 g/mol. The van der Waals surface area contributed by atoms with E-state index in [-0.39, 0.29) is 5.91 Å². The maximum atomic E-state index is 13.0. The maximum absolute atomic E-state index is 13.0. The van der Waals surface area contributed by atoms with E-state index in [4.69, 9.17) is 4.52 Å². The first kappa shape index (κ1) is 16.7. The third-order valence-electron chi connectivity index (χ3n) is 4.19. The van der Waals surface area contributed by atoms with Crippen molar-refractivity contribution in [1.82, 2.24) is 25.0 Å². The van der Waals surface area contributed by atoms with Gasteiger partial charge in [0.15, 0.2) is 5.76 Å². The summed E-state index contributed by atoms with van der Waals surface area (Å²) in [5.74, 6) is 1.14. The van der Waals surface area contributed by atoms with Crippen molar-refractivity contribution in [3.63, 3.8) is 0 Å². The van der Waals surface area contributed by atoms with Gasteiger partial charge in [0.25, 0.3) is 5.91 Å². The van der Waals surface area contributed by atoms with Crippen LogP contribution in [-0.4, -0.2) is 38.0 Å². The lowest BCUT2D eigenvalue weighted by molar-refractivity contribution is 0.0773. The van der Waals surface area contributed by atoms with E-state index < -0.39 is 0 Å². The van der Waals surface area contributed by atoms with Crippen molar-refractivity contribution in [2.45, 2.75) is 6.54 Å². The summed E-state index contributed by atoms with van der Waals surface area (Å²) in [5, 5.41) is 4.07. The predicted octanol–water partition coefficient (Wildman–Crippen LogP) is 3.40. The fourth-order valence-electron chi connectivity index (χ4n) is 2.85. The molecule has 4 rings (SSSR count). The van der Waals surface area contributed by atoms with E-state index in [1.54, 1.807) is 42.8 Å². The number of pyridine rings is 1. The van der Waals surface area contributed by atoms with Gasteiger partial charge in [-0.1, -0.05) is 23.4 Å². The van der Waals surface area contributed by atoms with Crippen LogP contribution in [0.2, 0.25) is 0 Å². The molecule has 0 aliphatic heterocycles. The Hall–Kier alpha value is -3.74. The van der Waals surface area contributed by atoms with Crippen LogP contribution in [0.4, 0.5) is 0 Å². The molecule has 0 aliphatic carbocycles. The van der Waals surface area contributed by atoms with Crippen LogP contribution >= 0.6 is 0 Å². The normalized spacial score (nSPS) is 10.7. The Balaban J connectivity index is 1.54. The van der Waals surface area contributed by atoms with Gasteiger partial charge in [-0.3, -0.25) is 9.78 Å². The standard InChI is InChI=1S/C20H17N5O2/c1-25(13-15-12-18(24-27-15)14-6-8-21-9-7-14)20(26)17-5-3-2-4-16(17)19-22-10-11-23-19/h2-12H,13H2,1H3,(H,22,23). The predicted molar refractivity (Wildman–Crippen MR) is 99.6 cm³/mol. The molecule has 0 saturated heterocycles. The summed E-state index contributed by atoms with van der Waals surface area (Å²) in [7, 11) is 1.73. The van der Waals surface area contributed by atoms with Crippen LogP contribution in [0, 0.1) is 0 Å². The molecule has 0 aliphatic rings. The highest BCUT2D eigenvalue weighted by Crippen LogP contribution is 2.23. The van der Waals surface area contributed by atoms with E-state index in [1.165, 1.54) is 0 Å². The van der Waals surface area contributed by atoms with Crippen molar-refractivity contribution in [3.8, 4) is 22.6 Å². The van der Waals surface area contributed by atoms with Gasteiger partial charge in [0, 0.05) is 49.0 Å². The molecular formula is C20H17N5O2. The topological polar surface area (TPSA) is 87.9 Å². The highest BCUT2D eigenvalue weighted by Gasteiger charge is 2.19. The first-order valence-corrected chi connectivity index (χ1v) is 8.42. The molecule has 1 N–H and O–H groups in total. The van der Waals surface area contributed by atoms with Gasteiger partial charge < -0.3 is 14.4 Å². The Labute approximate surface area is 155 Å². The van der Waals surface area contributed by atoms with Gasteiger partial charge in [-0.2, -0.15) is 0 Å². The van der Waals surface area contributed by atoms with E-state index in [0.717, 1.165) is 11.1 Å². The molecule has 0 spiro atoms. The minimum Gasteiger partial charge on any atom is -0.359 e. The van der Waals surface area contributed by atoms with E-state index in [0.29, 0.717) is 29.4 Å². The van der Waals surface area contributed by atoms with Gasteiger partial charge >= 0.3 is 0 Å². The lowest BCUT2D eigenvalue weighted by Crippen LogP contribution is -2.26. The van der Waals surface area contributed by atoms with Crippen LogP contribution in [0.25, 0.3) is 22.6 Å². The molecule has 4 aromatic rings. The molecule has 0 unspecified atom stereocenters. The fourth-order valence-corrected chi connectivity index (χ4v) is 2.85. The minimum atomic E-state index is -0.121. The summed E-state index contributed by atoms with van der Waals surface area (Å²) < 4.78 is 5.40. The van der Waals surface area contributed by atoms with Crippen molar-refractivity contribution < 1.29 is 9.32 Å². The van der Waals surface area contributed by atoms with Gasteiger partial charge in [-0.15, -0.1) is 0 Å². The monoisotopic (exact) mass is 359 g/mol. The van der Waals surface area contributed by atoms with Crippen LogP contribution in [-0.2, 0) is 6.54 Å². The summed E-state index contributed by atoms with van der Waals surface area (Å²) in [6.45, 7) is 0.309. The first-order valence-electron chi connectivity index (χ1n) is 8.42. The number of nitrogens with zero attached hydrogens (tertiary/aromatic N) is 4. The number of hydrogen-bond donors (Lipinski definition) is 1. The second-order valence-corrected chi connectivity index (χ2v) is 6.06. The van der Waals surface area contributed by atoms with Gasteiger partial charge in [0.1, 0.15) is 11.5 Å². The molecule has 3 aromatic heterocycles.